The van der Waals surface area contributed by atoms with Gasteiger partial charge in [-0.3, -0.25) is 19.5 Å². The highest BCUT2D eigenvalue weighted by Gasteiger charge is 2.19. The number of non-ortho nitro benzene ring substituents is 1. The molecule has 0 saturated carbocycles. The maximum Gasteiger partial charge on any atom is 0.269 e. The van der Waals surface area contributed by atoms with Crippen molar-refractivity contribution in [3.8, 4) is 17.3 Å². The van der Waals surface area contributed by atoms with Crippen LogP contribution in [-0.2, 0) is 4.79 Å². The van der Waals surface area contributed by atoms with Crippen molar-refractivity contribution < 1.29 is 14.1 Å². The van der Waals surface area contributed by atoms with Gasteiger partial charge in [-0.2, -0.15) is 0 Å². The fourth-order valence-electron chi connectivity index (χ4n) is 3.07. The number of anilines is 1. The largest absolute Gasteiger partial charge is 0.461 e. The number of hydrogen-bond acceptors (Lipinski definition) is 7. The highest BCUT2D eigenvalue weighted by atomic mass is 32.2. The van der Waals surface area contributed by atoms with Gasteiger partial charge in [-0.25, -0.2) is 0 Å². The number of hydrogen-bond donors (Lipinski definition) is 1. The monoisotopic (exact) mass is 449 g/mol. The number of carbonyl (C=O) groups is 1. The van der Waals surface area contributed by atoms with Crippen LogP contribution in [0.2, 0.25) is 0 Å². The van der Waals surface area contributed by atoms with Crippen molar-refractivity contribution in [1.82, 2.24) is 14.8 Å². The number of nitrogens with zero attached hydrogens (tertiary/aromatic N) is 4. The zero-order valence-corrected chi connectivity index (χ0v) is 18.1. The molecule has 4 rings (SSSR count). The number of nitrogens with one attached hydrogen (secondary N) is 1. The van der Waals surface area contributed by atoms with E-state index in [0.717, 1.165) is 11.3 Å². The van der Waals surface area contributed by atoms with Crippen molar-refractivity contribution in [1.29, 1.82) is 0 Å². The molecule has 162 valence electrons. The Morgan fingerprint density at radius 3 is 2.59 bits per heavy atom. The van der Waals surface area contributed by atoms with Gasteiger partial charge in [0, 0.05) is 23.5 Å². The van der Waals surface area contributed by atoms with E-state index in [9.17, 15) is 14.9 Å². The smallest absolute Gasteiger partial charge is 0.269 e. The number of aryl methyl sites for hydroxylation is 2. The molecule has 0 radical (unpaired) electrons. The molecule has 1 amide bonds. The van der Waals surface area contributed by atoms with E-state index in [-0.39, 0.29) is 17.3 Å². The van der Waals surface area contributed by atoms with Crippen LogP contribution in [-0.4, -0.2) is 31.3 Å². The maximum absolute atomic E-state index is 12.5. The van der Waals surface area contributed by atoms with Gasteiger partial charge in [0.15, 0.2) is 10.9 Å². The number of nitro benzene ring substituents is 1. The zero-order valence-electron chi connectivity index (χ0n) is 17.3. The lowest BCUT2D eigenvalue weighted by atomic mass is 10.2. The Hall–Kier alpha value is -3.92. The standard InChI is InChI=1S/C22H19N5O4S/c1-14-5-7-16(8-6-14)26-21(19-4-3-11-31-19)24-25-22(26)32-13-20(28)23-18-10-9-17(27(29)30)12-15(18)2/h3-12H,13H2,1-2H3,(H,23,28). The molecule has 0 atom stereocenters. The number of aromatic nitrogens is 3. The molecule has 2 aromatic carbocycles. The van der Waals surface area contributed by atoms with Crippen LogP contribution in [0.15, 0.2) is 70.4 Å². The van der Waals surface area contributed by atoms with Crippen molar-refractivity contribution in [2.75, 3.05) is 11.1 Å². The van der Waals surface area contributed by atoms with E-state index in [4.69, 9.17) is 4.42 Å². The number of amides is 1. The van der Waals surface area contributed by atoms with Crippen LogP contribution >= 0.6 is 11.8 Å². The average Bonchev–Trinajstić information content (AvgIpc) is 3.44. The summed E-state index contributed by atoms with van der Waals surface area (Å²) in [6.45, 7) is 3.71. The van der Waals surface area contributed by atoms with Gasteiger partial charge >= 0.3 is 0 Å². The van der Waals surface area contributed by atoms with E-state index >= 15 is 0 Å². The Morgan fingerprint density at radius 2 is 1.94 bits per heavy atom. The summed E-state index contributed by atoms with van der Waals surface area (Å²) in [6, 6.07) is 15.8. The number of rotatable bonds is 7. The summed E-state index contributed by atoms with van der Waals surface area (Å²) < 4.78 is 7.34. The molecule has 32 heavy (non-hydrogen) atoms. The van der Waals surface area contributed by atoms with Gasteiger partial charge in [0.2, 0.25) is 11.7 Å². The van der Waals surface area contributed by atoms with Gasteiger partial charge in [-0.15, -0.1) is 10.2 Å². The van der Waals surface area contributed by atoms with E-state index in [1.807, 2.05) is 35.8 Å². The predicted molar refractivity (Wildman–Crippen MR) is 121 cm³/mol. The lowest BCUT2D eigenvalue weighted by Gasteiger charge is -2.10. The Labute approximate surface area is 187 Å². The zero-order chi connectivity index (χ0) is 22.7. The lowest BCUT2D eigenvalue weighted by molar-refractivity contribution is -0.384. The topological polar surface area (TPSA) is 116 Å². The fraction of sp³-hybridized carbons (Fsp3) is 0.136. The van der Waals surface area contributed by atoms with Gasteiger partial charge < -0.3 is 9.73 Å². The minimum absolute atomic E-state index is 0.0217. The van der Waals surface area contributed by atoms with E-state index in [1.54, 1.807) is 25.3 Å². The van der Waals surface area contributed by atoms with Crippen LogP contribution in [0.5, 0.6) is 0 Å². The third-order valence-corrected chi connectivity index (χ3v) is 5.62. The normalized spacial score (nSPS) is 10.8. The van der Waals surface area contributed by atoms with Crippen molar-refractivity contribution in [3.05, 3.63) is 82.1 Å². The molecule has 0 aliphatic rings. The van der Waals surface area contributed by atoms with Crippen LogP contribution in [0.25, 0.3) is 17.3 Å². The van der Waals surface area contributed by atoms with Crippen LogP contribution in [0.3, 0.4) is 0 Å². The number of carbonyl (C=O) groups excluding carboxylic acids is 1. The Kier molecular flexibility index (Phi) is 6.04. The summed E-state index contributed by atoms with van der Waals surface area (Å²) in [7, 11) is 0. The van der Waals surface area contributed by atoms with Gasteiger partial charge in [0.1, 0.15) is 0 Å². The fourth-order valence-corrected chi connectivity index (χ4v) is 3.83. The third-order valence-electron chi connectivity index (χ3n) is 4.69. The van der Waals surface area contributed by atoms with Crippen LogP contribution in [0.1, 0.15) is 11.1 Å². The molecule has 4 aromatic rings. The lowest BCUT2D eigenvalue weighted by Crippen LogP contribution is -2.15. The Bertz CT molecular complexity index is 1270. The number of nitro groups is 1. The first-order valence-electron chi connectivity index (χ1n) is 9.66. The Balaban J connectivity index is 1.54. The molecule has 9 nitrogen and oxygen atoms in total. The van der Waals surface area contributed by atoms with Crippen molar-refractivity contribution in [3.63, 3.8) is 0 Å². The van der Waals surface area contributed by atoms with Gasteiger partial charge in [0.05, 0.1) is 16.9 Å². The van der Waals surface area contributed by atoms with Crippen LogP contribution in [0.4, 0.5) is 11.4 Å². The molecular weight excluding hydrogens is 430 g/mol. The number of thioether (sulfide) groups is 1. The first kappa shape index (κ1) is 21.3. The second-order valence-corrected chi connectivity index (χ2v) is 7.99. The van der Waals surface area contributed by atoms with Crippen molar-refractivity contribution >= 4 is 29.0 Å². The summed E-state index contributed by atoms with van der Waals surface area (Å²) >= 11 is 1.23. The first-order chi connectivity index (χ1) is 15.4. The van der Waals surface area contributed by atoms with E-state index in [1.165, 1.54) is 30.0 Å². The summed E-state index contributed by atoms with van der Waals surface area (Å²) in [5.74, 6) is 0.923. The number of furan rings is 1. The molecule has 1 N–H and O–H groups in total. The summed E-state index contributed by atoms with van der Waals surface area (Å²) in [6.07, 6.45) is 1.57. The van der Waals surface area contributed by atoms with E-state index < -0.39 is 4.92 Å². The van der Waals surface area contributed by atoms with Crippen LogP contribution in [0, 0.1) is 24.0 Å². The number of benzene rings is 2. The SMILES string of the molecule is Cc1ccc(-n2c(SCC(=O)Nc3ccc([N+](=O)[O-])cc3C)nnc2-c2ccco2)cc1. The second-order valence-electron chi connectivity index (χ2n) is 7.05. The molecule has 2 aromatic heterocycles. The summed E-state index contributed by atoms with van der Waals surface area (Å²) in [5, 5.41) is 22.7. The molecule has 2 heterocycles. The quantitative estimate of drug-likeness (QED) is 0.245. The third kappa shape index (κ3) is 4.54. The van der Waals surface area contributed by atoms with Gasteiger partial charge in [-0.05, 0) is 49.7 Å². The van der Waals surface area contributed by atoms with E-state index in [0.29, 0.717) is 28.0 Å². The molecule has 0 fully saturated rings. The molecule has 0 aliphatic carbocycles. The van der Waals surface area contributed by atoms with Crippen molar-refractivity contribution in [2.24, 2.45) is 0 Å². The second kappa shape index (κ2) is 9.06. The molecule has 0 bridgehead atoms. The molecular formula is C22H19N5O4S. The highest BCUT2D eigenvalue weighted by molar-refractivity contribution is 7.99. The first-order valence-corrected chi connectivity index (χ1v) is 10.6. The minimum Gasteiger partial charge on any atom is -0.461 e. The van der Waals surface area contributed by atoms with Gasteiger partial charge in [-0.1, -0.05) is 29.5 Å². The molecule has 0 unspecified atom stereocenters. The summed E-state index contributed by atoms with van der Waals surface area (Å²) in [4.78, 5) is 23.0. The molecule has 10 heteroatoms. The van der Waals surface area contributed by atoms with Crippen LogP contribution < -0.4 is 5.32 Å². The molecule has 0 aliphatic heterocycles. The average molecular weight is 449 g/mol. The summed E-state index contributed by atoms with van der Waals surface area (Å²) in [5.41, 5.74) is 3.08. The van der Waals surface area contributed by atoms with Crippen molar-refractivity contribution in [2.45, 2.75) is 19.0 Å². The minimum atomic E-state index is -0.469. The highest BCUT2D eigenvalue weighted by Crippen LogP contribution is 2.29. The molecule has 0 saturated heterocycles. The van der Waals surface area contributed by atoms with Gasteiger partial charge in [0.25, 0.3) is 5.69 Å². The van der Waals surface area contributed by atoms with E-state index in [2.05, 4.69) is 15.5 Å². The maximum atomic E-state index is 12.5. The molecule has 0 spiro atoms. The predicted octanol–water partition coefficient (Wildman–Crippen LogP) is 4.78. The Morgan fingerprint density at radius 1 is 1.16 bits per heavy atom.